The minimum Gasteiger partial charge on any atom is -0.287 e. The first kappa shape index (κ1) is 15.4. The Morgan fingerprint density at radius 3 is 2.65 bits per heavy atom. The molecule has 0 saturated heterocycles. The summed E-state index contributed by atoms with van der Waals surface area (Å²) in [7, 11) is 0. The van der Waals surface area contributed by atoms with Crippen molar-refractivity contribution >= 4 is 17.4 Å². The molecule has 0 bridgehead atoms. The summed E-state index contributed by atoms with van der Waals surface area (Å²) in [5.74, 6) is -0.363. The van der Waals surface area contributed by atoms with Crippen LogP contribution in [0.1, 0.15) is 34.1 Å². The van der Waals surface area contributed by atoms with Gasteiger partial charge in [0.1, 0.15) is 0 Å². The molecule has 116 valence electrons. The van der Waals surface area contributed by atoms with Crippen LogP contribution in [0.5, 0.6) is 0 Å². The lowest BCUT2D eigenvalue weighted by Crippen LogP contribution is -2.23. The monoisotopic (exact) mass is 326 g/mol. The SMILES string of the molecule is Cc1ccc(C(=O)c2nn(C3C=CC(Cl)=CC3)ccc2=O)cc1. The van der Waals surface area contributed by atoms with Gasteiger partial charge in [0.05, 0.1) is 6.04 Å². The van der Waals surface area contributed by atoms with E-state index < -0.39 is 0 Å². The van der Waals surface area contributed by atoms with Crippen molar-refractivity contribution in [3.8, 4) is 0 Å². The lowest BCUT2D eigenvalue weighted by Gasteiger charge is -2.17. The third-order valence-corrected chi connectivity index (χ3v) is 4.01. The maximum Gasteiger partial charge on any atom is 0.217 e. The smallest absolute Gasteiger partial charge is 0.217 e. The first-order chi connectivity index (χ1) is 11.0. The average molecular weight is 327 g/mol. The molecule has 1 aliphatic rings. The Hall–Kier alpha value is -2.46. The number of aromatic nitrogens is 2. The Morgan fingerprint density at radius 1 is 1.26 bits per heavy atom. The van der Waals surface area contributed by atoms with Crippen molar-refractivity contribution in [1.82, 2.24) is 9.78 Å². The molecule has 5 heteroatoms. The molecule has 1 aromatic carbocycles. The van der Waals surface area contributed by atoms with E-state index in [2.05, 4.69) is 5.10 Å². The van der Waals surface area contributed by atoms with Crippen molar-refractivity contribution in [2.24, 2.45) is 0 Å². The van der Waals surface area contributed by atoms with E-state index in [1.807, 2.05) is 31.2 Å². The van der Waals surface area contributed by atoms with Gasteiger partial charge in [-0.2, -0.15) is 5.10 Å². The van der Waals surface area contributed by atoms with E-state index >= 15 is 0 Å². The van der Waals surface area contributed by atoms with Gasteiger partial charge < -0.3 is 0 Å². The minimum atomic E-state index is -0.375. The molecule has 0 radical (unpaired) electrons. The standard InChI is InChI=1S/C18H15ClN2O2/c1-12-2-4-13(5-3-12)18(23)17-16(22)10-11-21(20-17)15-8-6-14(19)7-9-15/h2-8,10-11,15H,9H2,1H3. The summed E-state index contributed by atoms with van der Waals surface area (Å²) in [5.41, 5.74) is 1.07. The van der Waals surface area contributed by atoms with Gasteiger partial charge in [-0.25, -0.2) is 0 Å². The summed E-state index contributed by atoms with van der Waals surface area (Å²) in [5, 5.41) is 4.93. The van der Waals surface area contributed by atoms with Crippen LogP contribution in [0.15, 0.2) is 64.6 Å². The van der Waals surface area contributed by atoms with E-state index in [4.69, 9.17) is 11.6 Å². The number of aryl methyl sites for hydroxylation is 1. The predicted octanol–water partition coefficient (Wildman–Crippen LogP) is 3.41. The van der Waals surface area contributed by atoms with Crippen molar-refractivity contribution in [2.75, 3.05) is 0 Å². The number of rotatable bonds is 3. The number of hydrogen-bond donors (Lipinski definition) is 0. The molecule has 2 aromatic rings. The molecule has 1 unspecified atom stereocenters. The van der Waals surface area contributed by atoms with Crippen molar-refractivity contribution in [1.29, 1.82) is 0 Å². The fourth-order valence-corrected chi connectivity index (χ4v) is 2.55. The second-order valence-corrected chi connectivity index (χ2v) is 5.89. The molecule has 1 aromatic heterocycles. The number of benzene rings is 1. The molecule has 0 aliphatic heterocycles. The van der Waals surface area contributed by atoms with Crippen molar-refractivity contribution in [2.45, 2.75) is 19.4 Å². The fraction of sp³-hybridized carbons (Fsp3) is 0.167. The van der Waals surface area contributed by atoms with Crippen molar-refractivity contribution in [3.05, 3.63) is 86.8 Å². The number of carbonyl (C=O) groups is 1. The molecule has 1 aliphatic carbocycles. The molecule has 1 heterocycles. The zero-order chi connectivity index (χ0) is 16.4. The van der Waals surface area contributed by atoms with E-state index in [9.17, 15) is 9.59 Å². The van der Waals surface area contributed by atoms with Gasteiger partial charge in [-0.3, -0.25) is 14.3 Å². The van der Waals surface area contributed by atoms with Gasteiger partial charge in [-0.05, 0) is 19.4 Å². The van der Waals surface area contributed by atoms with Gasteiger partial charge in [-0.15, -0.1) is 0 Å². The zero-order valence-electron chi connectivity index (χ0n) is 12.6. The fourth-order valence-electron chi connectivity index (χ4n) is 2.38. The number of hydrogen-bond acceptors (Lipinski definition) is 3. The highest BCUT2D eigenvalue weighted by atomic mass is 35.5. The van der Waals surface area contributed by atoms with Crippen molar-refractivity contribution in [3.63, 3.8) is 0 Å². The minimum absolute atomic E-state index is 0.0531. The maximum absolute atomic E-state index is 12.5. The molecule has 0 saturated carbocycles. The van der Waals surface area contributed by atoms with Crippen LogP contribution in [0.4, 0.5) is 0 Å². The van der Waals surface area contributed by atoms with E-state index in [-0.39, 0.29) is 22.9 Å². The second-order valence-electron chi connectivity index (χ2n) is 5.45. The first-order valence-electron chi connectivity index (χ1n) is 7.29. The lowest BCUT2D eigenvalue weighted by molar-refractivity contribution is 0.103. The highest BCUT2D eigenvalue weighted by Crippen LogP contribution is 2.22. The van der Waals surface area contributed by atoms with E-state index in [1.54, 1.807) is 29.1 Å². The summed E-state index contributed by atoms with van der Waals surface area (Å²) in [6.45, 7) is 1.94. The van der Waals surface area contributed by atoms with Gasteiger partial charge in [0.15, 0.2) is 5.69 Å². The molecular weight excluding hydrogens is 312 g/mol. The summed E-state index contributed by atoms with van der Waals surface area (Å²) in [4.78, 5) is 24.6. The van der Waals surface area contributed by atoms with Gasteiger partial charge in [0.2, 0.25) is 11.2 Å². The van der Waals surface area contributed by atoms with Gasteiger partial charge in [0.25, 0.3) is 0 Å². The van der Waals surface area contributed by atoms with Crippen LogP contribution < -0.4 is 5.43 Å². The molecule has 3 rings (SSSR count). The largest absolute Gasteiger partial charge is 0.287 e. The van der Waals surface area contributed by atoms with Crippen LogP contribution in [0.3, 0.4) is 0 Å². The van der Waals surface area contributed by atoms with Gasteiger partial charge >= 0.3 is 0 Å². The zero-order valence-corrected chi connectivity index (χ0v) is 13.3. The third-order valence-electron chi connectivity index (χ3n) is 3.73. The summed E-state index contributed by atoms with van der Waals surface area (Å²) < 4.78 is 1.62. The van der Waals surface area contributed by atoms with Crippen molar-refractivity contribution < 1.29 is 4.79 Å². The highest BCUT2D eigenvalue weighted by molar-refractivity contribution is 6.31. The van der Waals surface area contributed by atoms with Crippen LogP contribution >= 0.6 is 11.6 Å². The predicted molar refractivity (Wildman–Crippen MR) is 89.8 cm³/mol. The Morgan fingerprint density at radius 2 is 2.00 bits per heavy atom. The normalized spacial score (nSPS) is 17.0. The van der Waals surface area contributed by atoms with Crippen LogP contribution in [-0.4, -0.2) is 15.6 Å². The van der Waals surface area contributed by atoms with Crippen LogP contribution in [0.25, 0.3) is 0 Å². The lowest BCUT2D eigenvalue weighted by atomic mass is 10.1. The average Bonchev–Trinajstić information content (AvgIpc) is 2.56. The Balaban J connectivity index is 1.95. The number of allylic oxidation sites excluding steroid dienone is 4. The molecule has 0 amide bonds. The van der Waals surface area contributed by atoms with Gasteiger partial charge in [-0.1, -0.05) is 53.6 Å². The Kier molecular flexibility index (Phi) is 4.26. The Bertz CT molecular complexity index is 863. The number of carbonyl (C=O) groups excluding carboxylic acids is 1. The summed E-state index contributed by atoms with van der Waals surface area (Å²) >= 11 is 5.91. The Labute approximate surface area is 138 Å². The van der Waals surface area contributed by atoms with Crippen LogP contribution in [0.2, 0.25) is 0 Å². The molecule has 23 heavy (non-hydrogen) atoms. The molecule has 0 spiro atoms. The first-order valence-corrected chi connectivity index (χ1v) is 7.67. The third kappa shape index (κ3) is 3.32. The number of halogens is 1. The summed E-state index contributed by atoms with van der Waals surface area (Å²) in [6, 6.07) is 8.42. The molecule has 0 N–H and O–H groups in total. The van der Waals surface area contributed by atoms with E-state index in [0.29, 0.717) is 17.0 Å². The number of ketones is 1. The van der Waals surface area contributed by atoms with Crippen LogP contribution in [-0.2, 0) is 0 Å². The highest BCUT2D eigenvalue weighted by Gasteiger charge is 2.17. The van der Waals surface area contributed by atoms with Crippen LogP contribution in [0, 0.1) is 6.92 Å². The van der Waals surface area contributed by atoms with Gasteiger partial charge in [0, 0.05) is 22.9 Å². The maximum atomic E-state index is 12.5. The number of nitrogens with zero attached hydrogens (tertiary/aromatic N) is 2. The molecule has 1 atom stereocenters. The molecule has 0 fully saturated rings. The topological polar surface area (TPSA) is 52.0 Å². The quantitative estimate of drug-likeness (QED) is 0.812. The summed E-state index contributed by atoms with van der Waals surface area (Å²) in [6.07, 6.45) is 7.84. The second kappa shape index (κ2) is 6.34. The van der Waals surface area contributed by atoms with E-state index in [0.717, 1.165) is 5.56 Å². The molecular formula is C18H15ClN2O2. The molecule has 4 nitrogen and oxygen atoms in total. The van der Waals surface area contributed by atoms with E-state index in [1.165, 1.54) is 6.07 Å².